The van der Waals surface area contributed by atoms with Crippen LogP contribution in [-0.2, 0) is 59.2 Å². The Morgan fingerprint density at radius 2 is 1.69 bits per heavy atom. The van der Waals surface area contributed by atoms with Crippen molar-refractivity contribution in [3.63, 3.8) is 0 Å². The highest BCUT2D eigenvalue weighted by molar-refractivity contribution is 7.89. The van der Waals surface area contributed by atoms with Crippen LogP contribution in [-0.4, -0.2) is 151 Å². The number of sulfonamides is 1. The van der Waals surface area contributed by atoms with E-state index < -0.39 is 99.7 Å². The van der Waals surface area contributed by atoms with E-state index in [2.05, 4.69) is 14.7 Å². The van der Waals surface area contributed by atoms with Crippen molar-refractivity contribution in [1.29, 1.82) is 0 Å². The minimum Gasteiger partial charge on any atom is -0.461 e. The summed E-state index contributed by atoms with van der Waals surface area (Å²) in [5.41, 5.74) is -2.28. The molecular formula is C49H69N5O13S. The molecule has 2 N–H and O–H groups in total. The fourth-order valence-electron chi connectivity index (χ4n) is 10.6. The average molecular weight is 968 g/mol. The molecule has 2 aromatic heterocycles. The van der Waals surface area contributed by atoms with E-state index in [0.717, 1.165) is 0 Å². The molecule has 0 unspecified atom stereocenters. The highest BCUT2D eigenvalue weighted by Crippen LogP contribution is 2.44. The number of cyclic esters (lactones) is 1. The normalized spacial score (nSPS) is 34.2. The number of likely N-dealkylation sites (N-methyl/N-ethyl adjacent to an activating group) is 1. The standard InChI is InChI=1S/C49H69N5O13S/c1-12-37-49(8)43(54(47(59)67-49)24-23-52-68(60,61)36-20-15-17-33-18-16-22-51-39(33)36)30(4)40(56)28(2)27-48(7,62-11)44(66-46-41(57)35(53(9)10)25-29(3)63-46)31(5)42(32(6)45(58)64-37)65-38(55)26-34-19-13-14-21-50-34/h13-22,28-32,35,37,41-44,46,52,57H,12,23-27H2,1-11H3/t28-,29-,30+,31-,32-,35+,37-,41-,42-,43+,44-,46+,48-,49-/m1/s1. The van der Waals surface area contributed by atoms with Crippen LogP contribution < -0.4 is 4.72 Å². The first-order valence-corrected chi connectivity index (χ1v) is 24.9. The molecule has 374 valence electrons. The molecule has 14 atom stereocenters. The van der Waals surface area contributed by atoms with E-state index in [9.17, 15) is 27.9 Å². The third-order valence-corrected chi connectivity index (χ3v) is 15.7. The number of ether oxygens (including phenoxy) is 6. The molecular weight excluding hydrogens is 899 g/mol. The number of benzene rings is 1. The number of aliphatic hydroxyl groups excluding tert-OH is 1. The van der Waals surface area contributed by atoms with Crippen LogP contribution >= 0.6 is 0 Å². The number of carbonyl (C=O) groups excluding carboxylic acids is 4. The zero-order valence-corrected chi connectivity index (χ0v) is 41.8. The van der Waals surface area contributed by atoms with E-state index >= 15 is 4.79 Å². The highest BCUT2D eigenvalue weighted by Gasteiger charge is 2.60. The first-order chi connectivity index (χ1) is 32.1. The van der Waals surface area contributed by atoms with Crippen LogP contribution in [0.25, 0.3) is 10.9 Å². The average Bonchev–Trinajstić information content (AvgIpc) is 3.56. The number of fused-ring (bicyclic) bond motifs is 2. The molecule has 3 aliphatic rings. The Kier molecular flexibility index (Phi) is 16.7. The minimum absolute atomic E-state index is 0.0267. The molecule has 0 spiro atoms. The quantitative estimate of drug-likeness (QED) is 0.175. The Balaban J connectivity index is 1.39. The number of hydrogen-bond acceptors (Lipinski definition) is 16. The molecule has 3 aliphatic heterocycles. The van der Waals surface area contributed by atoms with Gasteiger partial charge in [-0.1, -0.05) is 52.0 Å². The summed E-state index contributed by atoms with van der Waals surface area (Å²) in [6.07, 6.45) is -3.43. The van der Waals surface area contributed by atoms with Crippen LogP contribution in [0.2, 0.25) is 0 Å². The number of amides is 1. The van der Waals surface area contributed by atoms with Gasteiger partial charge in [0.05, 0.1) is 47.4 Å². The summed E-state index contributed by atoms with van der Waals surface area (Å²) in [7, 11) is 1.03. The van der Waals surface area contributed by atoms with Crippen molar-refractivity contribution >= 4 is 44.7 Å². The molecule has 3 fully saturated rings. The number of para-hydroxylation sites is 1. The Bertz CT molecular complexity index is 2370. The van der Waals surface area contributed by atoms with Crippen molar-refractivity contribution in [2.45, 2.75) is 146 Å². The van der Waals surface area contributed by atoms with Crippen LogP contribution in [0.15, 0.2) is 65.8 Å². The minimum atomic E-state index is -4.14. The molecule has 1 amide bonds. The summed E-state index contributed by atoms with van der Waals surface area (Å²) in [4.78, 5) is 69.5. The summed E-state index contributed by atoms with van der Waals surface area (Å²) < 4.78 is 68.3. The van der Waals surface area contributed by atoms with Gasteiger partial charge in [0.25, 0.3) is 0 Å². The van der Waals surface area contributed by atoms with E-state index in [0.29, 0.717) is 17.5 Å². The molecule has 6 rings (SSSR count). The number of aromatic nitrogens is 2. The lowest BCUT2D eigenvalue weighted by Crippen LogP contribution is -2.61. The predicted octanol–water partition coefficient (Wildman–Crippen LogP) is 4.70. The molecule has 5 heterocycles. The fourth-order valence-corrected chi connectivity index (χ4v) is 11.8. The van der Waals surface area contributed by atoms with E-state index in [1.807, 2.05) is 25.9 Å². The highest BCUT2D eigenvalue weighted by atomic mass is 32.2. The van der Waals surface area contributed by atoms with E-state index in [1.54, 1.807) is 97.1 Å². The summed E-state index contributed by atoms with van der Waals surface area (Å²) in [6.45, 7) is 13.3. The number of ketones is 1. The third-order valence-electron chi connectivity index (χ3n) is 14.2. The van der Waals surface area contributed by atoms with Crippen molar-refractivity contribution < 1.29 is 61.1 Å². The van der Waals surface area contributed by atoms with Crippen molar-refractivity contribution in [2.75, 3.05) is 34.3 Å². The topological polar surface area (TPSA) is 222 Å². The summed E-state index contributed by atoms with van der Waals surface area (Å²) >= 11 is 0. The lowest BCUT2D eigenvalue weighted by atomic mass is 9.73. The number of nitrogens with one attached hydrogen (secondary N) is 1. The molecule has 3 aromatic rings. The lowest BCUT2D eigenvalue weighted by Gasteiger charge is -2.48. The predicted molar refractivity (Wildman–Crippen MR) is 249 cm³/mol. The van der Waals surface area contributed by atoms with Gasteiger partial charge in [0, 0.05) is 61.8 Å². The maximum atomic E-state index is 15.0. The van der Waals surface area contributed by atoms with E-state index in [4.69, 9.17) is 28.4 Å². The second-order valence-corrected chi connectivity index (χ2v) is 21.0. The van der Waals surface area contributed by atoms with Crippen LogP contribution in [0.5, 0.6) is 0 Å². The number of rotatable bonds is 13. The number of hydrogen-bond donors (Lipinski definition) is 2. The second kappa shape index (κ2) is 21.6. The number of nitrogens with zero attached hydrogens (tertiary/aromatic N) is 4. The molecule has 3 saturated heterocycles. The van der Waals surface area contributed by atoms with Gasteiger partial charge in [0.1, 0.15) is 29.0 Å². The Morgan fingerprint density at radius 3 is 2.35 bits per heavy atom. The number of methoxy groups -OCH3 is 1. The van der Waals surface area contributed by atoms with Crippen LogP contribution in [0.3, 0.4) is 0 Å². The first-order valence-electron chi connectivity index (χ1n) is 23.4. The first kappa shape index (κ1) is 52.7. The molecule has 19 heteroatoms. The SMILES string of the molecule is CC[C@H]1OC(=O)[C@H](C)[C@H](OC(=O)Cc2ccccn2)[C@@H](C)[C@@H](O[C@@H]2O[C@H](C)C[C@H](N(C)C)[C@H]2O)[C@](C)(OC)C[C@@H](C)C(=O)[C@H](C)[C@@H]2N(CCNS(=O)(=O)c3cccc4cccnc34)C(=O)O[C@@]21C. The number of pyridine rings is 2. The Labute approximate surface area is 399 Å². The van der Waals surface area contributed by atoms with Gasteiger partial charge in [-0.2, -0.15) is 0 Å². The fraction of sp³-hybridized carbons (Fsp3) is 0.633. The smallest absolute Gasteiger partial charge is 0.410 e. The van der Waals surface area contributed by atoms with Gasteiger partial charge in [0.15, 0.2) is 11.9 Å². The summed E-state index contributed by atoms with van der Waals surface area (Å²) in [5, 5.41) is 12.4. The largest absolute Gasteiger partial charge is 0.461 e. The van der Waals surface area contributed by atoms with Crippen LogP contribution in [0.4, 0.5) is 4.79 Å². The van der Waals surface area contributed by atoms with Gasteiger partial charge in [-0.3, -0.25) is 29.3 Å². The maximum absolute atomic E-state index is 15.0. The molecule has 0 radical (unpaired) electrons. The van der Waals surface area contributed by atoms with Gasteiger partial charge < -0.3 is 38.4 Å². The molecule has 0 saturated carbocycles. The molecule has 0 aliphatic carbocycles. The Morgan fingerprint density at radius 1 is 0.985 bits per heavy atom. The monoisotopic (exact) mass is 967 g/mol. The van der Waals surface area contributed by atoms with Gasteiger partial charge in [-0.15, -0.1) is 0 Å². The van der Waals surface area contributed by atoms with Gasteiger partial charge >= 0.3 is 18.0 Å². The number of Topliss-reactive ketones (excluding diaryl/α,β-unsaturated/α-hetero) is 1. The van der Waals surface area contributed by atoms with Crippen LogP contribution in [0, 0.1) is 23.7 Å². The lowest BCUT2D eigenvalue weighted by molar-refractivity contribution is -0.301. The van der Waals surface area contributed by atoms with Gasteiger partial charge in [0.2, 0.25) is 10.0 Å². The summed E-state index contributed by atoms with van der Waals surface area (Å²) in [6, 6.07) is 12.0. The maximum Gasteiger partial charge on any atom is 0.410 e. The number of esters is 2. The van der Waals surface area contributed by atoms with Gasteiger partial charge in [-0.25, -0.2) is 17.9 Å². The molecule has 0 bridgehead atoms. The van der Waals surface area contributed by atoms with Crippen molar-refractivity contribution in [2.24, 2.45) is 23.7 Å². The van der Waals surface area contributed by atoms with Gasteiger partial charge in [-0.05, 0) is 85.3 Å². The molecule has 68 heavy (non-hydrogen) atoms. The summed E-state index contributed by atoms with van der Waals surface area (Å²) in [5.74, 6) is -5.55. The van der Waals surface area contributed by atoms with E-state index in [-0.39, 0.29) is 60.7 Å². The second-order valence-electron chi connectivity index (χ2n) is 19.3. The zero-order valence-electron chi connectivity index (χ0n) is 41.0. The third kappa shape index (κ3) is 11.0. The van der Waals surface area contributed by atoms with E-state index in [1.165, 1.54) is 24.3 Å². The number of carbonyl (C=O) groups is 4. The van der Waals surface area contributed by atoms with Crippen molar-refractivity contribution in [3.8, 4) is 0 Å². The van der Waals surface area contributed by atoms with Crippen molar-refractivity contribution in [3.05, 3.63) is 66.6 Å². The number of aliphatic hydroxyl groups is 1. The zero-order chi connectivity index (χ0) is 49.9. The molecule has 1 aromatic carbocycles. The molecule has 18 nitrogen and oxygen atoms in total. The Hall–Kier alpha value is -4.63. The van der Waals surface area contributed by atoms with Crippen LogP contribution in [0.1, 0.15) is 80.3 Å². The van der Waals surface area contributed by atoms with Crippen molar-refractivity contribution in [1.82, 2.24) is 24.5 Å².